The van der Waals surface area contributed by atoms with Crippen LogP contribution in [0.1, 0.15) is 27.0 Å². The summed E-state index contributed by atoms with van der Waals surface area (Å²) in [7, 11) is 4.78. The van der Waals surface area contributed by atoms with Gasteiger partial charge in [-0.2, -0.15) is 0 Å². The Balaban J connectivity index is 2.13. The number of rotatable bonds is 5. The van der Waals surface area contributed by atoms with Crippen molar-refractivity contribution in [3.8, 4) is 23.0 Å². The molecular formula is C20H22NO6+. The third-order valence-corrected chi connectivity index (χ3v) is 4.89. The first-order valence-electron chi connectivity index (χ1n) is 8.46. The minimum atomic E-state index is -1.10. The fourth-order valence-electron chi connectivity index (χ4n) is 3.48. The normalized spacial score (nSPS) is 13.3. The molecule has 0 fully saturated rings. The Morgan fingerprint density at radius 3 is 2.48 bits per heavy atom. The molecule has 2 aromatic rings. The van der Waals surface area contributed by atoms with E-state index in [2.05, 4.69) is 0 Å². The average molecular weight is 372 g/mol. The van der Waals surface area contributed by atoms with Crippen molar-refractivity contribution in [1.82, 2.24) is 0 Å². The standard InChI is InChI=1S/C20H21NO6/c1-21-7-6-11-9-15(22)16(23)10-13(11)14(21)8-12-4-5-17(26-2)19(27-3)18(12)20(24)25/h4-5,9-10H,6-8H2,1-3H3,(H2,23,24,25)/p+1. The van der Waals surface area contributed by atoms with Gasteiger partial charge in [0.05, 0.1) is 20.6 Å². The van der Waals surface area contributed by atoms with Gasteiger partial charge in [0.1, 0.15) is 19.2 Å². The maximum Gasteiger partial charge on any atom is 0.339 e. The number of likely N-dealkylation sites (N-methyl/N-ethyl adjacent to an activating group) is 1. The smallest absolute Gasteiger partial charge is 0.339 e. The number of methoxy groups -OCH3 is 2. The molecular weight excluding hydrogens is 350 g/mol. The van der Waals surface area contributed by atoms with Gasteiger partial charge in [0.15, 0.2) is 28.7 Å². The molecule has 7 heteroatoms. The van der Waals surface area contributed by atoms with Crippen LogP contribution in [0.2, 0.25) is 0 Å². The van der Waals surface area contributed by atoms with Crippen LogP contribution < -0.4 is 9.47 Å². The predicted molar refractivity (Wildman–Crippen MR) is 98.8 cm³/mol. The predicted octanol–water partition coefficient (Wildman–Crippen LogP) is 2.04. The largest absolute Gasteiger partial charge is 0.504 e. The van der Waals surface area contributed by atoms with Crippen molar-refractivity contribution in [1.29, 1.82) is 0 Å². The summed E-state index contributed by atoms with van der Waals surface area (Å²) >= 11 is 0. The van der Waals surface area contributed by atoms with Gasteiger partial charge in [-0.05, 0) is 29.3 Å². The van der Waals surface area contributed by atoms with Crippen LogP contribution >= 0.6 is 0 Å². The van der Waals surface area contributed by atoms with Crippen molar-refractivity contribution < 1.29 is 34.2 Å². The van der Waals surface area contributed by atoms with Gasteiger partial charge in [-0.15, -0.1) is 0 Å². The van der Waals surface area contributed by atoms with Gasteiger partial charge >= 0.3 is 5.97 Å². The molecule has 0 aromatic heterocycles. The SMILES string of the molecule is COc1ccc(CC2=[N+](C)CCc3cc(O)c(O)cc32)c(C(=O)O)c1OC. The maximum absolute atomic E-state index is 11.9. The molecule has 0 radical (unpaired) electrons. The van der Waals surface area contributed by atoms with Gasteiger partial charge in [0.25, 0.3) is 0 Å². The third-order valence-electron chi connectivity index (χ3n) is 4.89. The van der Waals surface area contributed by atoms with Gasteiger partial charge in [-0.25, -0.2) is 9.37 Å². The van der Waals surface area contributed by atoms with Gasteiger partial charge < -0.3 is 24.8 Å². The summed E-state index contributed by atoms with van der Waals surface area (Å²) in [4.78, 5) is 11.9. The van der Waals surface area contributed by atoms with Crippen LogP contribution in [-0.4, -0.2) is 59.4 Å². The van der Waals surface area contributed by atoms with Crippen LogP contribution in [0, 0.1) is 0 Å². The van der Waals surface area contributed by atoms with E-state index in [0.717, 1.165) is 29.8 Å². The summed E-state index contributed by atoms with van der Waals surface area (Å²) in [6, 6.07) is 6.47. The zero-order valence-electron chi connectivity index (χ0n) is 15.4. The summed E-state index contributed by atoms with van der Waals surface area (Å²) in [5, 5.41) is 29.4. The van der Waals surface area contributed by atoms with Gasteiger partial charge in [0, 0.05) is 12.0 Å². The van der Waals surface area contributed by atoms with Crippen molar-refractivity contribution in [3.05, 3.63) is 46.5 Å². The van der Waals surface area contributed by atoms with Crippen molar-refractivity contribution in [2.24, 2.45) is 0 Å². The molecule has 7 nitrogen and oxygen atoms in total. The fourth-order valence-corrected chi connectivity index (χ4v) is 3.48. The summed E-state index contributed by atoms with van der Waals surface area (Å²) in [6.07, 6.45) is 1.05. The first kappa shape index (κ1) is 18.6. The lowest BCUT2D eigenvalue weighted by Gasteiger charge is -2.19. The highest BCUT2D eigenvalue weighted by Gasteiger charge is 2.29. The van der Waals surface area contributed by atoms with E-state index >= 15 is 0 Å². The minimum Gasteiger partial charge on any atom is -0.504 e. The number of aromatic hydroxyl groups is 2. The molecule has 1 heterocycles. The third kappa shape index (κ3) is 3.28. The van der Waals surface area contributed by atoms with Gasteiger partial charge in [0.2, 0.25) is 0 Å². The molecule has 0 unspecified atom stereocenters. The Labute approximate surface area is 156 Å². The summed E-state index contributed by atoms with van der Waals surface area (Å²) < 4.78 is 12.5. The van der Waals surface area contributed by atoms with E-state index < -0.39 is 5.97 Å². The van der Waals surface area contributed by atoms with E-state index in [1.54, 1.807) is 18.2 Å². The molecule has 3 rings (SSSR count). The molecule has 0 saturated heterocycles. The quantitative estimate of drug-likeness (QED) is 0.549. The second kappa shape index (κ2) is 7.19. The Bertz CT molecular complexity index is 948. The number of ether oxygens (including phenoxy) is 2. The number of fused-ring (bicyclic) bond motifs is 1. The highest BCUT2D eigenvalue weighted by atomic mass is 16.5. The molecule has 1 aliphatic heterocycles. The minimum absolute atomic E-state index is 0.0490. The molecule has 27 heavy (non-hydrogen) atoms. The van der Waals surface area contributed by atoms with Crippen molar-refractivity contribution in [2.45, 2.75) is 12.8 Å². The average Bonchev–Trinajstić information content (AvgIpc) is 2.64. The first-order chi connectivity index (χ1) is 12.9. The number of nitrogens with zero attached hydrogens (tertiary/aromatic N) is 1. The van der Waals surface area contributed by atoms with Crippen LogP contribution in [0.3, 0.4) is 0 Å². The molecule has 1 aliphatic rings. The second-order valence-corrected chi connectivity index (χ2v) is 6.43. The zero-order valence-corrected chi connectivity index (χ0v) is 15.4. The van der Waals surface area contributed by atoms with Crippen LogP contribution in [0.5, 0.6) is 23.0 Å². The van der Waals surface area contributed by atoms with Gasteiger partial charge in [-0.1, -0.05) is 6.07 Å². The van der Waals surface area contributed by atoms with E-state index in [9.17, 15) is 20.1 Å². The van der Waals surface area contributed by atoms with E-state index in [-0.39, 0.29) is 22.8 Å². The number of carboxylic acid groups (broad SMARTS) is 1. The molecule has 0 bridgehead atoms. The number of phenols is 2. The Kier molecular flexibility index (Phi) is 4.94. The van der Waals surface area contributed by atoms with Crippen LogP contribution in [0.25, 0.3) is 0 Å². The molecule has 3 N–H and O–H groups in total. The number of carboxylic acids is 1. The maximum atomic E-state index is 11.9. The summed E-state index contributed by atoms with van der Waals surface area (Å²) in [6.45, 7) is 0.724. The Hall–Kier alpha value is -3.22. The number of hydrogen-bond donors (Lipinski definition) is 3. The second-order valence-electron chi connectivity index (χ2n) is 6.43. The zero-order chi connectivity index (χ0) is 19.7. The number of hydrogen-bond acceptors (Lipinski definition) is 5. The molecule has 0 aliphatic carbocycles. The van der Waals surface area contributed by atoms with E-state index in [0.29, 0.717) is 17.7 Å². The van der Waals surface area contributed by atoms with E-state index in [4.69, 9.17) is 9.47 Å². The van der Waals surface area contributed by atoms with Crippen LogP contribution in [-0.2, 0) is 12.8 Å². The number of carbonyl (C=O) groups is 1. The molecule has 0 spiro atoms. The van der Waals surface area contributed by atoms with Gasteiger partial charge in [-0.3, -0.25) is 0 Å². The van der Waals surface area contributed by atoms with Crippen molar-refractivity contribution in [2.75, 3.05) is 27.8 Å². The lowest BCUT2D eigenvalue weighted by atomic mass is 9.90. The fraction of sp³-hybridized carbons (Fsp3) is 0.300. The molecule has 0 saturated carbocycles. The first-order valence-corrected chi connectivity index (χ1v) is 8.46. The number of aromatic carboxylic acids is 1. The molecule has 2 aromatic carbocycles. The van der Waals surface area contributed by atoms with Crippen molar-refractivity contribution in [3.63, 3.8) is 0 Å². The molecule has 142 valence electrons. The number of benzene rings is 2. The lowest BCUT2D eigenvalue weighted by Crippen LogP contribution is -2.29. The number of phenolic OH excluding ortho intramolecular Hbond substituents is 2. The van der Waals surface area contributed by atoms with Crippen molar-refractivity contribution >= 4 is 11.7 Å². The Morgan fingerprint density at radius 2 is 1.85 bits per heavy atom. The van der Waals surface area contributed by atoms with E-state index in [1.165, 1.54) is 20.3 Å². The van der Waals surface area contributed by atoms with E-state index in [1.807, 2.05) is 11.6 Å². The highest BCUT2D eigenvalue weighted by molar-refractivity contribution is 6.03. The topological polar surface area (TPSA) is 99.2 Å². The summed E-state index contributed by atoms with van der Waals surface area (Å²) in [5.41, 5.74) is 3.19. The summed E-state index contributed by atoms with van der Waals surface area (Å²) in [5.74, 6) is -0.935. The lowest BCUT2D eigenvalue weighted by molar-refractivity contribution is -0.498. The van der Waals surface area contributed by atoms with Crippen LogP contribution in [0.4, 0.5) is 0 Å². The monoisotopic (exact) mass is 372 g/mol. The Morgan fingerprint density at radius 1 is 1.15 bits per heavy atom. The highest BCUT2D eigenvalue weighted by Crippen LogP contribution is 2.35. The molecule has 0 amide bonds. The van der Waals surface area contributed by atoms with Crippen LogP contribution in [0.15, 0.2) is 24.3 Å². The molecule has 0 atom stereocenters.